The molecule has 0 bridgehead atoms. The lowest BCUT2D eigenvalue weighted by molar-refractivity contribution is 0.226. The van der Waals surface area contributed by atoms with Gasteiger partial charge in [0.05, 0.1) is 5.69 Å². The molecule has 1 aromatic heterocycles. The molecule has 0 aliphatic heterocycles. The normalized spacial score (nSPS) is 20.7. The molecule has 0 saturated carbocycles. The molecule has 1 heterocycles. The van der Waals surface area contributed by atoms with Crippen LogP contribution in [-0.4, -0.2) is 17.1 Å². The van der Waals surface area contributed by atoms with E-state index in [2.05, 4.69) is 17.1 Å². The van der Waals surface area contributed by atoms with E-state index in [9.17, 15) is 0 Å². The largest absolute Gasteiger partial charge is 0.484 e. The van der Waals surface area contributed by atoms with Gasteiger partial charge in [-0.25, -0.2) is 0 Å². The summed E-state index contributed by atoms with van der Waals surface area (Å²) in [6, 6.07) is 4.11. The standard InChI is InChI=1S/C15H22N2O/c1-11(16)10-14-15(9-8-12(2)17-14)18-13-6-4-3-5-7-13/h4,6,8-9,11,13H,3,5,7,10,16H2,1-2H3. The first-order valence-electron chi connectivity index (χ1n) is 6.70. The summed E-state index contributed by atoms with van der Waals surface area (Å²) >= 11 is 0. The van der Waals surface area contributed by atoms with Gasteiger partial charge in [0, 0.05) is 18.2 Å². The average Bonchev–Trinajstić information content (AvgIpc) is 2.33. The molecule has 3 nitrogen and oxygen atoms in total. The van der Waals surface area contributed by atoms with E-state index in [1.54, 1.807) is 0 Å². The third kappa shape index (κ3) is 3.57. The number of nitrogens with zero attached hydrogens (tertiary/aromatic N) is 1. The first-order valence-corrected chi connectivity index (χ1v) is 6.70. The summed E-state index contributed by atoms with van der Waals surface area (Å²) in [7, 11) is 0. The second kappa shape index (κ2) is 6.01. The molecule has 0 aromatic carbocycles. The van der Waals surface area contributed by atoms with E-state index in [4.69, 9.17) is 10.5 Å². The average molecular weight is 246 g/mol. The molecule has 1 aliphatic rings. The Labute approximate surface area is 109 Å². The predicted molar refractivity (Wildman–Crippen MR) is 73.7 cm³/mol. The van der Waals surface area contributed by atoms with E-state index in [1.807, 2.05) is 26.0 Å². The molecule has 2 unspecified atom stereocenters. The molecular formula is C15H22N2O. The van der Waals surface area contributed by atoms with Crippen LogP contribution in [-0.2, 0) is 6.42 Å². The Hall–Kier alpha value is -1.35. The van der Waals surface area contributed by atoms with Crippen LogP contribution in [0.1, 0.15) is 37.6 Å². The minimum atomic E-state index is 0.101. The van der Waals surface area contributed by atoms with E-state index >= 15 is 0 Å². The number of aromatic nitrogens is 1. The van der Waals surface area contributed by atoms with Crippen LogP contribution in [0.5, 0.6) is 5.75 Å². The molecule has 0 saturated heterocycles. The highest BCUT2D eigenvalue weighted by molar-refractivity contribution is 5.30. The molecule has 18 heavy (non-hydrogen) atoms. The summed E-state index contributed by atoms with van der Waals surface area (Å²) in [5, 5.41) is 0. The highest BCUT2D eigenvalue weighted by Crippen LogP contribution is 2.23. The monoisotopic (exact) mass is 246 g/mol. The predicted octanol–water partition coefficient (Wildman–Crippen LogP) is 2.77. The van der Waals surface area contributed by atoms with Crippen molar-refractivity contribution in [3.05, 3.63) is 35.7 Å². The molecule has 2 N–H and O–H groups in total. The van der Waals surface area contributed by atoms with Crippen molar-refractivity contribution in [2.75, 3.05) is 0 Å². The van der Waals surface area contributed by atoms with Gasteiger partial charge in [0.15, 0.2) is 0 Å². The summed E-state index contributed by atoms with van der Waals surface area (Å²) in [5.74, 6) is 0.884. The highest BCUT2D eigenvalue weighted by atomic mass is 16.5. The maximum absolute atomic E-state index is 6.04. The fraction of sp³-hybridized carbons (Fsp3) is 0.533. The number of allylic oxidation sites excluding steroid dienone is 1. The number of hydrogen-bond donors (Lipinski definition) is 1. The van der Waals surface area contributed by atoms with Crippen LogP contribution in [0.4, 0.5) is 0 Å². The maximum atomic E-state index is 6.04. The molecule has 2 atom stereocenters. The van der Waals surface area contributed by atoms with Crippen molar-refractivity contribution in [1.29, 1.82) is 0 Å². The smallest absolute Gasteiger partial charge is 0.141 e. The van der Waals surface area contributed by atoms with E-state index in [1.165, 1.54) is 12.8 Å². The number of rotatable bonds is 4. The van der Waals surface area contributed by atoms with Gasteiger partial charge in [0.2, 0.25) is 0 Å². The summed E-state index contributed by atoms with van der Waals surface area (Å²) in [6.07, 6.45) is 8.74. The Morgan fingerprint density at radius 1 is 1.50 bits per heavy atom. The number of ether oxygens (including phenoxy) is 1. The van der Waals surface area contributed by atoms with Gasteiger partial charge in [-0.1, -0.05) is 6.08 Å². The van der Waals surface area contributed by atoms with Crippen molar-refractivity contribution in [1.82, 2.24) is 4.98 Å². The van der Waals surface area contributed by atoms with Crippen LogP contribution in [0.25, 0.3) is 0 Å². The quantitative estimate of drug-likeness (QED) is 0.831. The zero-order valence-electron chi connectivity index (χ0n) is 11.2. The van der Waals surface area contributed by atoms with Gasteiger partial charge in [-0.05, 0) is 51.3 Å². The zero-order valence-corrected chi connectivity index (χ0v) is 11.2. The van der Waals surface area contributed by atoms with E-state index in [-0.39, 0.29) is 12.1 Å². The number of pyridine rings is 1. The minimum absolute atomic E-state index is 0.101. The third-order valence-electron chi connectivity index (χ3n) is 3.08. The van der Waals surface area contributed by atoms with Crippen molar-refractivity contribution in [2.45, 2.75) is 51.7 Å². The van der Waals surface area contributed by atoms with Crippen molar-refractivity contribution in [3.8, 4) is 5.75 Å². The molecule has 0 fully saturated rings. The third-order valence-corrected chi connectivity index (χ3v) is 3.08. The van der Waals surface area contributed by atoms with E-state index < -0.39 is 0 Å². The van der Waals surface area contributed by atoms with E-state index in [0.29, 0.717) is 0 Å². The number of aryl methyl sites for hydroxylation is 1. The van der Waals surface area contributed by atoms with Gasteiger partial charge < -0.3 is 10.5 Å². The van der Waals surface area contributed by atoms with Gasteiger partial charge in [-0.15, -0.1) is 0 Å². The Kier molecular flexibility index (Phi) is 4.37. The van der Waals surface area contributed by atoms with Crippen LogP contribution in [0.2, 0.25) is 0 Å². The first-order chi connectivity index (χ1) is 8.65. The van der Waals surface area contributed by atoms with Crippen molar-refractivity contribution in [3.63, 3.8) is 0 Å². The molecule has 0 radical (unpaired) electrons. The van der Waals surface area contributed by atoms with Crippen LogP contribution in [0, 0.1) is 6.92 Å². The molecule has 3 heteroatoms. The van der Waals surface area contributed by atoms with Gasteiger partial charge in [-0.3, -0.25) is 4.98 Å². The lowest BCUT2D eigenvalue weighted by Gasteiger charge is -2.20. The number of hydrogen-bond acceptors (Lipinski definition) is 3. The molecule has 0 spiro atoms. The summed E-state index contributed by atoms with van der Waals surface area (Å²) in [4.78, 5) is 4.55. The van der Waals surface area contributed by atoms with Gasteiger partial charge in [0.25, 0.3) is 0 Å². The summed E-state index contributed by atoms with van der Waals surface area (Å²) in [5.41, 5.74) is 7.85. The maximum Gasteiger partial charge on any atom is 0.141 e. The Balaban J connectivity index is 2.15. The topological polar surface area (TPSA) is 48.1 Å². The molecule has 2 rings (SSSR count). The first kappa shape index (κ1) is 13.1. The van der Waals surface area contributed by atoms with Gasteiger partial charge >= 0.3 is 0 Å². The molecule has 1 aliphatic carbocycles. The van der Waals surface area contributed by atoms with Gasteiger partial charge in [0.1, 0.15) is 11.9 Å². The zero-order chi connectivity index (χ0) is 13.0. The summed E-state index contributed by atoms with van der Waals surface area (Å²) < 4.78 is 6.04. The minimum Gasteiger partial charge on any atom is -0.484 e. The second-order valence-corrected chi connectivity index (χ2v) is 5.09. The molecular weight excluding hydrogens is 224 g/mol. The fourth-order valence-corrected chi connectivity index (χ4v) is 2.20. The summed E-state index contributed by atoms with van der Waals surface area (Å²) in [6.45, 7) is 3.99. The highest BCUT2D eigenvalue weighted by Gasteiger charge is 2.14. The Morgan fingerprint density at radius 3 is 3.00 bits per heavy atom. The van der Waals surface area contributed by atoms with Crippen molar-refractivity contribution in [2.24, 2.45) is 5.73 Å². The molecule has 0 amide bonds. The lowest BCUT2D eigenvalue weighted by Crippen LogP contribution is -2.21. The van der Waals surface area contributed by atoms with Crippen LogP contribution in [0.15, 0.2) is 24.3 Å². The number of nitrogens with two attached hydrogens (primary N) is 1. The molecule has 98 valence electrons. The van der Waals surface area contributed by atoms with Gasteiger partial charge in [-0.2, -0.15) is 0 Å². The Morgan fingerprint density at radius 2 is 2.33 bits per heavy atom. The van der Waals surface area contributed by atoms with Crippen LogP contribution in [0.3, 0.4) is 0 Å². The van der Waals surface area contributed by atoms with E-state index in [0.717, 1.165) is 30.0 Å². The van der Waals surface area contributed by atoms with Crippen LogP contribution < -0.4 is 10.5 Å². The fourth-order valence-electron chi connectivity index (χ4n) is 2.20. The Bertz CT molecular complexity index is 427. The van der Waals surface area contributed by atoms with Crippen molar-refractivity contribution >= 4 is 0 Å². The van der Waals surface area contributed by atoms with Crippen LogP contribution >= 0.6 is 0 Å². The second-order valence-electron chi connectivity index (χ2n) is 5.09. The lowest BCUT2D eigenvalue weighted by atomic mass is 10.1. The van der Waals surface area contributed by atoms with Crippen molar-refractivity contribution < 1.29 is 4.74 Å². The molecule has 1 aromatic rings. The SMILES string of the molecule is Cc1ccc(OC2C=CCCC2)c(CC(C)N)n1.